The summed E-state index contributed by atoms with van der Waals surface area (Å²) in [6.45, 7) is 5.61. The van der Waals surface area contributed by atoms with Gasteiger partial charge in [-0.15, -0.1) is 5.98 Å². The molecule has 0 heterocycles. The van der Waals surface area contributed by atoms with Crippen molar-refractivity contribution in [2.24, 2.45) is 5.92 Å². The van der Waals surface area contributed by atoms with Crippen molar-refractivity contribution in [1.82, 2.24) is 10.2 Å². The second-order valence-corrected chi connectivity index (χ2v) is 4.82. The first-order chi connectivity index (χ1) is 9.34. The third-order valence-corrected chi connectivity index (χ3v) is 2.96. The van der Waals surface area contributed by atoms with Crippen LogP contribution in [0.2, 0.25) is 0 Å². The molecule has 110 valence electrons. The van der Waals surface area contributed by atoms with Gasteiger partial charge in [0.05, 0.1) is 7.11 Å². The Kier molecular flexibility index (Phi) is 8.44. The van der Waals surface area contributed by atoms with Crippen LogP contribution in [0.4, 0.5) is 4.79 Å². The summed E-state index contributed by atoms with van der Waals surface area (Å²) < 4.78 is 4.54. The van der Waals surface area contributed by atoms with Gasteiger partial charge in [0.15, 0.2) is 0 Å². The number of hydrogen-bond acceptors (Lipinski definition) is 3. The molecule has 0 aliphatic carbocycles. The number of carbonyl (C=O) groups is 2. The van der Waals surface area contributed by atoms with Gasteiger partial charge in [0, 0.05) is 13.1 Å². The van der Waals surface area contributed by atoms with Gasteiger partial charge in [-0.25, -0.2) is 4.79 Å². The van der Waals surface area contributed by atoms with Gasteiger partial charge in [-0.2, -0.15) is 0 Å². The molecule has 0 saturated carbocycles. The van der Waals surface area contributed by atoms with Crippen LogP contribution in [0.3, 0.4) is 0 Å². The van der Waals surface area contributed by atoms with E-state index in [1.54, 1.807) is 24.1 Å². The molecule has 2 radical (unpaired) electrons. The van der Waals surface area contributed by atoms with E-state index >= 15 is 0 Å². The third-order valence-electron chi connectivity index (χ3n) is 2.96. The Bertz CT molecular complexity index is 381. The minimum Gasteiger partial charge on any atom is -0.453 e. The number of allylic oxidation sites excluding steroid dienone is 2. The Morgan fingerprint density at radius 3 is 2.30 bits per heavy atom. The zero-order chi connectivity index (χ0) is 15.7. The van der Waals surface area contributed by atoms with Gasteiger partial charge in [-0.1, -0.05) is 32.1 Å². The minimum atomic E-state index is -0.617. The molecule has 0 bridgehead atoms. The Morgan fingerprint density at radius 1 is 1.25 bits per heavy atom. The monoisotopic (exact) mass is 278 g/mol. The highest BCUT2D eigenvalue weighted by Crippen LogP contribution is 2.09. The molecule has 6 heteroatoms. The van der Waals surface area contributed by atoms with Crippen molar-refractivity contribution >= 4 is 19.8 Å². The number of nitrogens with one attached hydrogen (secondary N) is 1. The van der Waals surface area contributed by atoms with Gasteiger partial charge in [-0.05, 0) is 12.8 Å². The van der Waals surface area contributed by atoms with Crippen LogP contribution in [0.1, 0.15) is 20.8 Å². The lowest BCUT2D eigenvalue weighted by molar-refractivity contribution is -0.134. The fourth-order valence-corrected chi connectivity index (χ4v) is 1.54. The molecular formula is C14H23BN2O3. The van der Waals surface area contributed by atoms with Gasteiger partial charge in [0.2, 0.25) is 5.91 Å². The Balaban J connectivity index is 4.83. The molecule has 0 aromatic rings. The maximum Gasteiger partial charge on any atom is 0.407 e. The van der Waals surface area contributed by atoms with E-state index in [0.717, 1.165) is 0 Å². The molecule has 0 spiro atoms. The van der Waals surface area contributed by atoms with Crippen molar-refractivity contribution in [3.8, 4) is 0 Å². The average molecular weight is 278 g/mol. The molecular weight excluding hydrogens is 255 g/mol. The summed E-state index contributed by atoms with van der Waals surface area (Å²) in [7, 11) is 8.20. The van der Waals surface area contributed by atoms with Crippen LogP contribution in [0.15, 0.2) is 24.2 Å². The predicted octanol–water partition coefficient (Wildman–Crippen LogP) is 1.45. The number of carbonyl (C=O) groups excluding carboxylic acids is 2. The SMILES string of the molecule is [B]C=CC=C[C@@H](C)N(C)C(=O)[C@@H](NC(=O)OC)C(C)C. The molecule has 20 heavy (non-hydrogen) atoms. The van der Waals surface area contributed by atoms with Crippen LogP contribution in [-0.2, 0) is 9.53 Å². The van der Waals surface area contributed by atoms with Crippen molar-refractivity contribution in [2.45, 2.75) is 32.9 Å². The number of ether oxygens (including phenoxy) is 1. The van der Waals surface area contributed by atoms with E-state index in [0.29, 0.717) is 0 Å². The highest BCUT2D eigenvalue weighted by atomic mass is 16.5. The van der Waals surface area contributed by atoms with Crippen molar-refractivity contribution in [1.29, 1.82) is 0 Å². The second-order valence-electron chi connectivity index (χ2n) is 4.82. The molecule has 1 N–H and O–H groups in total. The standard InChI is InChI=1S/C14H23BN2O3/c1-10(2)12(16-14(19)20-5)13(18)17(4)11(3)8-6-7-9-15/h6-12H,1-5H3,(H,16,19)/t11-,12+/m1/s1. The summed E-state index contributed by atoms with van der Waals surface area (Å²) in [5.74, 6) is 1.21. The molecule has 2 amide bonds. The Hall–Kier alpha value is -1.72. The molecule has 0 fully saturated rings. The van der Waals surface area contributed by atoms with E-state index in [2.05, 4.69) is 10.1 Å². The molecule has 0 saturated heterocycles. The van der Waals surface area contributed by atoms with Gasteiger partial charge in [-0.3, -0.25) is 4.79 Å². The van der Waals surface area contributed by atoms with Crippen LogP contribution in [0, 0.1) is 5.92 Å². The molecule has 0 aliphatic heterocycles. The number of nitrogens with zero attached hydrogens (tertiary/aromatic N) is 1. The predicted molar refractivity (Wildman–Crippen MR) is 80.4 cm³/mol. The fourth-order valence-electron chi connectivity index (χ4n) is 1.54. The quantitative estimate of drug-likeness (QED) is 0.591. The third kappa shape index (κ3) is 5.95. The number of methoxy groups -OCH3 is 1. The van der Waals surface area contributed by atoms with E-state index in [-0.39, 0.29) is 17.9 Å². The van der Waals surface area contributed by atoms with E-state index in [1.807, 2.05) is 26.8 Å². The normalized spacial score (nSPS) is 14.5. The molecule has 5 nitrogen and oxygen atoms in total. The maximum atomic E-state index is 12.4. The van der Waals surface area contributed by atoms with Gasteiger partial charge < -0.3 is 15.0 Å². The zero-order valence-corrected chi connectivity index (χ0v) is 12.8. The van der Waals surface area contributed by atoms with Crippen LogP contribution in [-0.4, -0.2) is 51.0 Å². The second kappa shape index (κ2) is 9.23. The molecule has 0 aromatic heterocycles. The van der Waals surface area contributed by atoms with E-state index in [9.17, 15) is 9.59 Å². The maximum absolute atomic E-state index is 12.4. The smallest absolute Gasteiger partial charge is 0.407 e. The van der Waals surface area contributed by atoms with E-state index < -0.39 is 12.1 Å². The van der Waals surface area contributed by atoms with Crippen molar-refractivity contribution in [3.63, 3.8) is 0 Å². The number of amides is 2. The number of hydrogen-bond donors (Lipinski definition) is 1. The lowest BCUT2D eigenvalue weighted by atomic mass is 10.0. The van der Waals surface area contributed by atoms with E-state index in [1.165, 1.54) is 13.1 Å². The first kappa shape index (κ1) is 18.3. The van der Waals surface area contributed by atoms with Crippen LogP contribution >= 0.6 is 0 Å². The van der Waals surface area contributed by atoms with Crippen LogP contribution in [0.5, 0.6) is 0 Å². The van der Waals surface area contributed by atoms with Crippen molar-refractivity contribution in [3.05, 3.63) is 24.2 Å². The molecule has 0 aromatic carbocycles. The molecule has 0 aliphatic rings. The van der Waals surface area contributed by atoms with Crippen LogP contribution < -0.4 is 5.32 Å². The van der Waals surface area contributed by atoms with Crippen molar-refractivity contribution in [2.75, 3.05) is 14.2 Å². The average Bonchev–Trinajstić information content (AvgIpc) is 2.42. The first-order valence-electron chi connectivity index (χ1n) is 6.51. The van der Waals surface area contributed by atoms with Crippen LogP contribution in [0.25, 0.3) is 0 Å². The lowest BCUT2D eigenvalue weighted by Gasteiger charge is -2.29. The Labute approximate surface area is 122 Å². The fraction of sp³-hybridized carbons (Fsp3) is 0.571. The lowest BCUT2D eigenvalue weighted by Crippen LogP contribution is -2.51. The van der Waals surface area contributed by atoms with Crippen molar-refractivity contribution < 1.29 is 14.3 Å². The molecule has 0 rings (SSSR count). The highest BCUT2D eigenvalue weighted by molar-refractivity contribution is 6.17. The summed E-state index contributed by atoms with van der Waals surface area (Å²) in [5, 5.41) is 2.56. The summed E-state index contributed by atoms with van der Waals surface area (Å²) in [4.78, 5) is 25.3. The minimum absolute atomic E-state index is 0.0378. The summed E-state index contributed by atoms with van der Waals surface area (Å²) in [6.07, 6.45) is 4.69. The van der Waals surface area contributed by atoms with Gasteiger partial charge in [0.1, 0.15) is 13.9 Å². The number of alkyl carbamates (subject to hydrolysis) is 1. The Morgan fingerprint density at radius 2 is 1.85 bits per heavy atom. The molecule has 2 atom stereocenters. The summed E-state index contributed by atoms with van der Waals surface area (Å²) >= 11 is 0. The first-order valence-corrected chi connectivity index (χ1v) is 6.51. The highest BCUT2D eigenvalue weighted by Gasteiger charge is 2.28. The largest absolute Gasteiger partial charge is 0.453 e. The number of likely N-dealkylation sites (N-methyl/N-ethyl adjacent to an activating group) is 1. The van der Waals surface area contributed by atoms with E-state index in [4.69, 9.17) is 7.85 Å². The molecule has 0 unspecified atom stereocenters. The topological polar surface area (TPSA) is 58.6 Å². The summed E-state index contributed by atoms with van der Waals surface area (Å²) in [6, 6.07) is -0.729. The zero-order valence-electron chi connectivity index (χ0n) is 12.8. The van der Waals surface area contributed by atoms with Gasteiger partial charge >= 0.3 is 6.09 Å². The number of rotatable bonds is 6. The summed E-state index contributed by atoms with van der Waals surface area (Å²) in [5.41, 5.74) is 0. The van der Waals surface area contributed by atoms with Gasteiger partial charge in [0.25, 0.3) is 0 Å².